The van der Waals surface area contributed by atoms with Crippen LogP contribution >= 0.6 is 0 Å². The van der Waals surface area contributed by atoms with Crippen LogP contribution in [0.5, 0.6) is 0 Å². The lowest BCUT2D eigenvalue weighted by Gasteiger charge is -2.25. The Bertz CT molecular complexity index is 444. The lowest BCUT2D eigenvalue weighted by molar-refractivity contribution is -0.121. The first-order chi connectivity index (χ1) is 8.31. The SMILES string of the molecule is C#CCCCC(=O)C1Cc2ccccc2CN1. The summed E-state index contributed by atoms with van der Waals surface area (Å²) >= 11 is 0. The molecule has 2 rings (SSSR count). The fourth-order valence-corrected chi connectivity index (χ4v) is 2.22. The standard InChI is InChI=1S/C15H17NO/c1-2-3-4-9-15(17)14-10-12-7-5-6-8-13(12)11-16-14/h1,5-8,14,16H,3-4,9-11H2. The van der Waals surface area contributed by atoms with Crippen molar-refractivity contribution in [3.8, 4) is 12.3 Å². The van der Waals surface area contributed by atoms with Gasteiger partial charge in [-0.2, -0.15) is 0 Å². The van der Waals surface area contributed by atoms with Crippen LogP contribution < -0.4 is 5.32 Å². The third-order valence-corrected chi connectivity index (χ3v) is 3.21. The summed E-state index contributed by atoms with van der Waals surface area (Å²) in [5.74, 6) is 2.86. The van der Waals surface area contributed by atoms with E-state index in [1.165, 1.54) is 11.1 Å². The first kappa shape index (κ1) is 11.9. The molecule has 0 spiro atoms. The predicted molar refractivity (Wildman–Crippen MR) is 68.5 cm³/mol. The van der Waals surface area contributed by atoms with Crippen molar-refractivity contribution in [2.75, 3.05) is 0 Å². The summed E-state index contributed by atoms with van der Waals surface area (Å²) < 4.78 is 0. The second-order valence-electron chi connectivity index (χ2n) is 4.43. The Hall–Kier alpha value is -1.59. The highest BCUT2D eigenvalue weighted by Crippen LogP contribution is 2.17. The Labute approximate surface area is 102 Å². The number of carbonyl (C=O) groups is 1. The molecule has 0 amide bonds. The fraction of sp³-hybridized carbons (Fsp3) is 0.400. The Balaban J connectivity index is 1.93. The van der Waals surface area contributed by atoms with Crippen LogP contribution in [0.4, 0.5) is 0 Å². The average Bonchev–Trinajstić information content (AvgIpc) is 2.38. The van der Waals surface area contributed by atoms with Gasteiger partial charge in [0.2, 0.25) is 0 Å². The smallest absolute Gasteiger partial charge is 0.150 e. The third kappa shape index (κ3) is 2.95. The van der Waals surface area contributed by atoms with Gasteiger partial charge in [0, 0.05) is 19.4 Å². The lowest BCUT2D eigenvalue weighted by atomic mass is 9.92. The molecule has 1 atom stereocenters. The fourth-order valence-electron chi connectivity index (χ4n) is 2.22. The molecular formula is C15H17NO. The molecule has 17 heavy (non-hydrogen) atoms. The van der Waals surface area contributed by atoms with Crippen LogP contribution in [-0.2, 0) is 17.8 Å². The highest BCUT2D eigenvalue weighted by molar-refractivity contribution is 5.84. The van der Waals surface area contributed by atoms with E-state index in [4.69, 9.17) is 6.42 Å². The van der Waals surface area contributed by atoms with Crippen LogP contribution in [0.25, 0.3) is 0 Å². The summed E-state index contributed by atoms with van der Waals surface area (Å²) in [5, 5.41) is 3.30. The highest BCUT2D eigenvalue weighted by atomic mass is 16.1. The molecule has 1 heterocycles. The lowest BCUT2D eigenvalue weighted by Crippen LogP contribution is -2.41. The van der Waals surface area contributed by atoms with Gasteiger partial charge in [-0.25, -0.2) is 0 Å². The van der Waals surface area contributed by atoms with E-state index >= 15 is 0 Å². The zero-order valence-electron chi connectivity index (χ0n) is 9.91. The number of fused-ring (bicyclic) bond motifs is 1. The molecule has 0 saturated heterocycles. The topological polar surface area (TPSA) is 29.1 Å². The molecular weight excluding hydrogens is 210 g/mol. The molecule has 1 aliphatic rings. The molecule has 0 aromatic heterocycles. The van der Waals surface area contributed by atoms with Gasteiger partial charge in [-0.05, 0) is 24.0 Å². The number of Topliss-reactive ketones (excluding diaryl/α,β-unsaturated/α-hetero) is 1. The maximum absolute atomic E-state index is 12.0. The minimum atomic E-state index is -0.0253. The molecule has 0 aliphatic carbocycles. The average molecular weight is 227 g/mol. The number of hydrogen-bond donors (Lipinski definition) is 1. The predicted octanol–water partition coefficient (Wildman–Crippen LogP) is 2.07. The Kier molecular flexibility index (Phi) is 3.95. The number of rotatable bonds is 4. The van der Waals surface area contributed by atoms with Gasteiger partial charge >= 0.3 is 0 Å². The van der Waals surface area contributed by atoms with E-state index in [1.54, 1.807) is 0 Å². The van der Waals surface area contributed by atoms with Gasteiger partial charge in [0.1, 0.15) is 5.78 Å². The van der Waals surface area contributed by atoms with Crippen LogP contribution in [0, 0.1) is 12.3 Å². The number of hydrogen-bond acceptors (Lipinski definition) is 2. The molecule has 1 aromatic carbocycles. The third-order valence-electron chi connectivity index (χ3n) is 3.21. The van der Waals surface area contributed by atoms with Gasteiger partial charge < -0.3 is 5.32 Å². The number of benzene rings is 1. The van der Waals surface area contributed by atoms with Crippen molar-refractivity contribution in [1.82, 2.24) is 5.32 Å². The van der Waals surface area contributed by atoms with Gasteiger partial charge in [-0.15, -0.1) is 12.3 Å². The first-order valence-corrected chi connectivity index (χ1v) is 6.07. The van der Waals surface area contributed by atoms with Crippen LogP contribution in [0.3, 0.4) is 0 Å². The Morgan fingerprint density at radius 1 is 1.41 bits per heavy atom. The summed E-state index contributed by atoms with van der Waals surface area (Å²) in [6.45, 7) is 0.793. The van der Waals surface area contributed by atoms with E-state index < -0.39 is 0 Å². The first-order valence-electron chi connectivity index (χ1n) is 6.07. The van der Waals surface area contributed by atoms with Crippen molar-refractivity contribution in [1.29, 1.82) is 0 Å². The van der Waals surface area contributed by atoms with E-state index in [9.17, 15) is 4.79 Å². The monoisotopic (exact) mass is 227 g/mol. The zero-order chi connectivity index (χ0) is 12.1. The maximum atomic E-state index is 12.0. The summed E-state index contributed by atoms with van der Waals surface area (Å²) in [7, 11) is 0. The molecule has 0 saturated carbocycles. The van der Waals surface area contributed by atoms with Crippen LogP contribution in [0.2, 0.25) is 0 Å². The van der Waals surface area contributed by atoms with Crippen molar-refractivity contribution in [2.24, 2.45) is 0 Å². The minimum Gasteiger partial charge on any atom is -0.303 e. The largest absolute Gasteiger partial charge is 0.303 e. The van der Waals surface area contributed by atoms with Crippen molar-refractivity contribution in [3.05, 3.63) is 35.4 Å². The van der Waals surface area contributed by atoms with Gasteiger partial charge in [0.25, 0.3) is 0 Å². The molecule has 0 bridgehead atoms. The summed E-state index contributed by atoms with van der Waals surface area (Å²) in [6, 6.07) is 8.27. The molecule has 1 aliphatic heterocycles. The van der Waals surface area contributed by atoms with E-state index in [2.05, 4.69) is 23.4 Å². The number of terminal acetylenes is 1. The van der Waals surface area contributed by atoms with E-state index in [0.717, 1.165) is 19.4 Å². The van der Waals surface area contributed by atoms with Crippen LogP contribution in [-0.4, -0.2) is 11.8 Å². The normalized spacial score (nSPS) is 18.2. The van der Waals surface area contributed by atoms with Gasteiger partial charge in [0.15, 0.2) is 0 Å². The molecule has 0 fully saturated rings. The maximum Gasteiger partial charge on any atom is 0.150 e. The quantitative estimate of drug-likeness (QED) is 0.630. The molecule has 1 aromatic rings. The van der Waals surface area contributed by atoms with E-state index in [-0.39, 0.29) is 11.8 Å². The van der Waals surface area contributed by atoms with Crippen molar-refractivity contribution in [3.63, 3.8) is 0 Å². The second-order valence-corrected chi connectivity index (χ2v) is 4.43. The number of unbranched alkanes of at least 4 members (excludes halogenated alkanes) is 1. The number of carbonyl (C=O) groups excluding carboxylic acids is 1. The highest BCUT2D eigenvalue weighted by Gasteiger charge is 2.22. The number of ketones is 1. The number of nitrogens with one attached hydrogen (secondary N) is 1. The molecule has 2 nitrogen and oxygen atoms in total. The summed E-state index contributed by atoms with van der Waals surface area (Å²) in [6.07, 6.45) is 8.07. The molecule has 88 valence electrons. The van der Waals surface area contributed by atoms with Crippen LogP contribution in [0.15, 0.2) is 24.3 Å². The molecule has 0 radical (unpaired) electrons. The van der Waals surface area contributed by atoms with Gasteiger partial charge in [0.05, 0.1) is 6.04 Å². The van der Waals surface area contributed by atoms with E-state index in [0.29, 0.717) is 12.8 Å². The van der Waals surface area contributed by atoms with Crippen molar-refractivity contribution >= 4 is 5.78 Å². The van der Waals surface area contributed by atoms with Crippen molar-refractivity contribution in [2.45, 2.75) is 38.3 Å². The zero-order valence-corrected chi connectivity index (χ0v) is 9.91. The second kappa shape index (κ2) is 5.65. The summed E-state index contributed by atoms with van der Waals surface area (Å²) in [5.41, 5.74) is 2.60. The Morgan fingerprint density at radius 3 is 2.94 bits per heavy atom. The molecule has 1 N–H and O–H groups in total. The minimum absolute atomic E-state index is 0.0253. The Morgan fingerprint density at radius 2 is 2.18 bits per heavy atom. The van der Waals surface area contributed by atoms with Crippen molar-refractivity contribution < 1.29 is 4.79 Å². The summed E-state index contributed by atoms with van der Waals surface area (Å²) in [4.78, 5) is 12.0. The van der Waals surface area contributed by atoms with Gasteiger partial charge in [-0.3, -0.25) is 4.79 Å². The molecule has 1 unspecified atom stereocenters. The van der Waals surface area contributed by atoms with Crippen LogP contribution in [0.1, 0.15) is 30.4 Å². The molecule has 2 heteroatoms. The van der Waals surface area contributed by atoms with Gasteiger partial charge in [-0.1, -0.05) is 24.3 Å². The van der Waals surface area contributed by atoms with E-state index in [1.807, 2.05) is 12.1 Å².